The van der Waals surface area contributed by atoms with Gasteiger partial charge in [-0.05, 0) is 25.2 Å². The van der Waals surface area contributed by atoms with Crippen molar-refractivity contribution < 1.29 is 14.6 Å². The van der Waals surface area contributed by atoms with Gasteiger partial charge in [0.15, 0.2) is 0 Å². The molecule has 27 heavy (non-hydrogen) atoms. The number of likely N-dealkylation sites (tertiary alicyclic amines) is 1. The second-order valence-corrected chi connectivity index (χ2v) is 7.63. The summed E-state index contributed by atoms with van der Waals surface area (Å²) >= 11 is 0. The first-order valence-electron chi connectivity index (χ1n) is 9.60. The Bertz CT molecular complexity index is 803. The first kappa shape index (κ1) is 18.1. The van der Waals surface area contributed by atoms with Crippen LogP contribution in [0.4, 0.5) is 5.69 Å². The smallest absolute Gasteiger partial charge is 0.270 e. The van der Waals surface area contributed by atoms with Crippen molar-refractivity contribution >= 4 is 5.69 Å². The van der Waals surface area contributed by atoms with E-state index in [1.54, 1.807) is 12.1 Å². The van der Waals surface area contributed by atoms with E-state index in [4.69, 9.17) is 4.52 Å². The molecule has 1 aliphatic heterocycles. The summed E-state index contributed by atoms with van der Waals surface area (Å²) in [5, 5.41) is 25.2. The molecule has 0 amide bonds. The van der Waals surface area contributed by atoms with Crippen LogP contribution in [-0.2, 0) is 0 Å². The van der Waals surface area contributed by atoms with Crippen LogP contribution in [0.5, 0.6) is 0 Å². The van der Waals surface area contributed by atoms with Crippen molar-refractivity contribution in [3.8, 4) is 11.4 Å². The molecule has 4 rings (SSSR count). The number of aliphatic hydroxyl groups is 1. The minimum atomic E-state index is -0.441. The van der Waals surface area contributed by atoms with Gasteiger partial charge in [-0.3, -0.25) is 15.0 Å². The fourth-order valence-electron chi connectivity index (χ4n) is 4.29. The number of nitro groups is 1. The first-order chi connectivity index (χ1) is 13.1. The van der Waals surface area contributed by atoms with Crippen molar-refractivity contribution in [2.75, 3.05) is 13.1 Å². The van der Waals surface area contributed by atoms with Gasteiger partial charge in [0.05, 0.1) is 17.1 Å². The number of aromatic nitrogens is 2. The van der Waals surface area contributed by atoms with Gasteiger partial charge in [-0.1, -0.05) is 36.6 Å². The lowest BCUT2D eigenvalue weighted by Crippen LogP contribution is -2.31. The molecule has 8 nitrogen and oxygen atoms in total. The maximum atomic E-state index is 11.0. The number of benzene rings is 1. The lowest BCUT2D eigenvalue weighted by Gasteiger charge is -2.29. The lowest BCUT2D eigenvalue weighted by atomic mass is 9.89. The van der Waals surface area contributed by atoms with Gasteiger partial charge in [0, 0.05) is 30.8 Å². The molecule has 8 heteroatoms. The molecule has 1 saturated carbocycles. The van der Waals surface area contributed by atoms with Crippen LogP contribution in [0.3, 0.4) is 0 Å². The number of hydrogen-bond acceptors (Lipinski definition) is 7. The Morgan fingerprint density at radius 2 is 2.11 bits per heavy atom. The fourth-order valence-corrected chi connectivity index (χ4v) is 4.29. The van der Waals surface area contributed by atoms with Crippen LogP contribution in [0.1, 0.15) is 50.5 Å². The number of nitro benzene ring substituents is 1. The third-order valence-corrected chi connectivity index (χ3v) is 5.64. The standard InChI is InChI=1S/C19H24N4O4/c24-16-10-17(22(12-16)11-13-5-2-1-3-6-13)19-20-18(21-27-19)14-7-4-8-15(9-14)23(25)26/h4,7-9,13,16-17,24H,1-3,5-6,10-12H2/t16-,17+/m1/s1. The van der Waals surface area contributed by atoms with Crippen molar-refractivity contribution in [3.63, 3.8) is 0 Å². The Balaban J connectivity index is 1.52. The maximum Gasteiger partial charge on any atom is 0.270 e. The Hall–Kier alpha value is -2.32. The zero-order chi connectivity index (χ0) is 18.8. The summed E-state index contributed by atoms with van der Waals surface area (Å²) in [6.45, 7) is 1.56. The largest absolute Gasteiger partial charge is 0.392 e. The number of β-amino-alcohol motifs (C(OH)–C–C–N with tert-alkyl or cyclic N) is 1. The predicted octanol–water partition coefficient (Wildman–Crippen LogP) is 3.33. The van der Waals surface area contributed by atoms with Gasteiger partial charge in [-0.2, -0.15) is 4.98 Å². The molecule has 2 atom stereocenters. The third kappa shape index (κ3) is 4.01. The molecule has 144 valence electrons. The number of rotatable bonds is 5. The monoisotopic (exact) mass is 372 g/mol. The molecule has 1 N–H and O–H groups in total. The van der Waals surface area contributed by atoms with E-state index in [9.17, 15) is 15.2 Å². The normalized spacial score (nSPS) is 24.3. The van der Waals surface area contributed by atoms with Crippen LogP contribution < -0.4 is 0 Å². The summed E-state index contributed by atoms with van der Waals surface area (Å²) in [6, 6.07) is 6.12. The number of hydrogen-bond donors (Lipinski definition) is 1. The van der Waals surface area contributed by atoms with Crippen molar-refractivity contribution in [3.05, 3.63) is 40.3 Å². The van der Waals surface area contributed by atoms with Gasteiger partial charge in [-0.25, -0.2) is 0 Å². The maximum absolute atomic E-state index is 11.0. The van der Waals surface area contributed by atoms with E-state index in [0.717, 1.165) is 6.54 Å². The van der Waals surface area contributed by atoms with Gasteiger partial charge in [0.1, 0.15) is 0 Å². The second kappa shape index (κ2) is 7.74. The van der Waals surface area contributed by atoms with Gasteiger partial charge < -0.3 is 9.63 Å². The Kier molecular flexibility index (Phi) is 5.18. The average molecular weight is 372 g/mol. The van der Waals surface area contributed by atoms with Crippen LogP contribution in [-0.4, -0.2) is 44.3 Å². The van der Waals surface area contributed by atoms with Gasteiger partial charge in [0.2, 0.25) is 11.7 Å². The highest BCUT2D eigenvalue weighted by molar-refractivity contribution is 5.58. The number of nitrogens with zero attached hydrogens (tertiary/aromatic N) is 4. The van der Waals surface area contributed by atoms with E-state index < -0.39 is 11.0 Å². The summed E-state index contributed by atoms with van der Waals surface area (Å²) in [4.78, 5) is 17.3. The van der Waals surface area contributed by atoms with E-state index in [0.29, 0.717) is 36.2 Å². The van der Waals surface area contributed by atoms with Gasteiger partial charge in [0.25, 0.3) is 5.69 Å². The molecule has 2 fully saturated rings. The highest BCUT2D eigenvalue weighted by Crippen LogP contribution is 2.35. The molecule has 1 aromatic carbocycles. The molecule has 0 bridgehead atoms. The minimum Gasteiger partial charge on any atom is -0.392 e. The van der Waals surface area contributed by atoms with Gasteiger partial charge in [-0.15, -0.1) is 0 Å². The van der Waals surface area contributed by atoms with Crippen LogP contribution in [0.2, 0.25) is 0 Å². The van der Waals surface area contributed by atoms with Crippen molar-refractivity contribution in [2.24, 2.45) is 5.92 Å². The molecular formula is C19H24N4O4. The zero-order valence-corrected chi connectivity index (χ0v) is 15.2. The van der Waals surface area contributed by atoms with Crippen LogP contribution in [0.15, 0.2) is 28.8 Å². The summed E-state index contributed by atoms with van der Waals surface area (Å²) in [6.07, 6.45) is 6.53. The van der Waals surface area contributed by atoms with Crippen molar-refractivity contribution in [1.29, 1.82) is 0 Å². The molecule has 1 saturated heterocycles. The van der Waals surface area contributed by atoms with Crippen LogP contribution in [0, 0.1) is 16.0 Å². The Morgan fingerprint density at radius 3 is 2.89 bits per heavy atom. The molecule has 2 heterocycles. The van der Waals surface area contributed by atoms with Crippen LogP contribution in [0.25, 0.3) is 11.4 Å². The van der Waals surface area contributed by atoms with E-state index in [-0.39, 0.29) is 11.7 Å². The average Bonchev–Trinajstić information content (AvgIpc) is 3.29. The van der Waals surface area contributed by atoms with E-state index >= 15 is 0 Å². The molecule has 0 unspecified atom stereocenters. The highest BCUT2D eigenvalue weighted by atomic mass is 16.6. The van der Waals surface area contributed by atoms with E-state index in [2.05, 4.69) is 15.0 Å². The Labute approximate surface area is 157 Å². The molecule has 2 aromatic rings. The van der Waals surface area contributed by atoms with Crippen molar-refractivity contribution in [2.45, 2.75) is 50.7 Å². The van der Waals surface area contributed by atoms with E-state index in [1.165, 1.54) is 44.2 Å². The predicted molar refractivity (Wildman–Crippen MR) is 97.9 cm³/mol. The lowest BCUT2D eigenvalue weighted by molar-refractivity contribution is -0.384. The number of aliphatic hydroxyl groups excluding tert-OH is 1. The molecule has 1 aliphatic carbocycles. The second-order valence-electron chi connectivity index (χ2n) is 7.63. The molecule has 0 radical (unpaired) electrons. The molecule has 1 aromatic heterocycles. The Morgan fingerprint density at radius 1 is 1.30 bits per heavy atom. The molecular weight excluding hydrogens is 348 g/mol. The summed E-state index contributed by atoms with van der Waals surface area (Å²) in [5.74, 6) is 1.47. The summed E-state index contributed by atoms with van der Waals surface area (Å²) in [5.41, 5.74) is 0.547. The number of non-ortho nitro benzene ring substituents is 1. The molecule has 2 aliphatic rings. The quantitative estimate of drug-likeness (QED) is 0.634. The fraction of sp³-hybridized carbons (Fsp3) is 0.579. The van der Waals surface area contributed by atoms with Gasteiger partial charge >= 0.3 is 0 Å². The summed E-state index contributed by atoms with van der Waals surface area (Å²) < 4.78 is 5.49. The topological polar surface area (TPSA) is 106 Å². The SMILES string of the molecule is O=[N+]([O-])c1cccc(-c2noc([C@@H]3C[C@@H](O)CN3CC3CCCCC3)n2)c1. The van der Waals surface area contributed by atoms with Crippen molar-refractivity contribution in [1.82, 2.24) is 15.0 Å². The van der Waals surface area contributed by atoms with Crippen LogP contribution >= 0.6 is 0 Å². The zero-order valence-electron chi connectivity index (χ0n) is 15.2. The first-order valence-corrected chi connectivity index (χ1v) is 9.60. The minimum absolute atomic E-state index is 0.00550. The molecule has 0 spiro atoms. The third-order valence-electron chi connectivity index (χ3n) is 5.64. The van der Waals surface area contributed by atoms with E-state index in [1.807, 2.05) is 0 Å². The highest BCUT2D eigenvalue weighted by Gasteiger charge is 2.37. The summed E-state index contributed by atoms with van der Waals surface area (Å²) in [7, 11) is 0.